The van der Waals surface area contributed by atoms with Crippen LogP contribution in [0.3, 0.4) is 0 Å². The molecule has 0 amide bonds. The fourth-order valence-electron chi connectivity index (χ4n) is 2.98. The van der Waals surface area contributed by atoms with Crippen LogP contribution in [0.4, 0.5) is 0 Å². The molecule has 1 atom stereocenters. The number of aliphatic hydroxyl groups is 1. The lowest BCUT2D eigenvalue weighted by atomic mass is 9.83. The van der Waals surface area contributed by atoms with Crippen molar-refractivity contribution >= 4 is 33.0 Å². The Balaban J connectivity index is 1.85. The van der Waals surface area contributed by atoms with Gasteiger partial charge in [0.2, 0.25) is 10.0 Å². The van der Waals surface area contributed by atoms with Gasteiger partial charge in [-0.05, 0) is 60.9 Å². The van der Waals surface area contributed by atoms with Gasteiger partial charge in [-0.1, -0.05) is 17.7 Å². The van der Waals surface area contributed by atoms with E-state index in [1.807, 2.05) is 11.4 Å². The zero-order valence-electron chi connectivity index (χ0n) is 12.7. The van der Waals surface area contributed by atoms with Crippen LogP contribution in [0.5, 0.6) is 0 Å². The summed E-state index contributed by atoms with van der Waals surface area (Å²) in [6.07, 6.45) is 2.34. The lowest BCUT2D eigenvalue weighted by molar-refractivity contribution is 0.0252. The summed E-state index contributed by atoms with van der Waals surface area (Å²) < 4.78 is 27.7. The van der Waals surface area contributed by atoms with Crippen LogP contribution in [0.25, 0.3) is 0 Å². The number of sulfonamides is 1. The molecule has 2 N–H and O–H groups in total. The van der Waals surface area contributed by atoms with Gasteiger partial charge in [-0.25, -0.2) is 13.1 Å². The van der Waals surface area contributed by atoms with Gasteiger partial charge < -0.3 is 5.11 Å². The fourth-order valence-corrected chi connectivity index (χ4v) is 5.58. The standard InChI is InChI=1S/C16H18ClNO3S2/c1-11-13(17)4-2-6-15(11)23(20,21)18-10-16(19)8-3-5-14-12(16)7-9-22-14/h2,4,6-7,9,18-19H,3,5,8,10H2,1H3. The zero-order chi connectivity index (χ0) is 16.7. The van der Waals surface area contributed by atoms with E-state index in [9.17, 15) is 13.5 Å². The third-order valence-electron chi connectivity index (χ3n) is 4.30. The summed E-state index contributed by atoms with van der Waals surface area (Å²) in [4.78, 5) is 1.28. The second-order valence-electron chi connectivity index (χ2n) is 5.83. The van der Waals surface area contributed by atoms with E-state index in [4.69, 9.17) is 11.6 Å². The highest BCUT2D eigenvalue weighted by Gasteiger charge is 2.36. The number of halogens is 1. The van der Waals surface area contributed by atoms with Crippen molar-refractivity contribution in [2.45, 2.75) is 36.7 Å². The van der Waals surface area contributed by atoms with Crippen molar-refractivity contribution in [2.75, 3.05) is 6.54 Å². The smallest absolute Gasteiger partial charge is 0.240 e. The number of thiophene rings is 1. The maximum absolute atomic E-state index is 12.6. The molecule has 23 heavy (non-hydrogen) atoms. The number of hydrogen-bond donors (Lipinski definition) is 2. The lowest BCUT2D eigenvalue weighted by Crippen LogP contribution is -2.42. The molecule has 1 heterocycles. The average Bonchev–Trinajstić information content (AvgIpc) is 2.99. The summed E-state index contributed by atoms with van der Waals surface area (Å²) in [6, 6.07) is 6.67. The molecule has 1 unspecified atom stereocenters. The Morgan fingerprint density at radius 2 is 2.17 bits per heavy atom. The van der Waals surface area contributed by atoms with Crippen molar-refractivity contribution in [3.8, 4) is 0 Å². The maximum Gasteiger partial charge on any atom is 0.240 e. The van der Waals surface area contributed by atoms with E-state index in [1.165, 1.54) is 6.07 Å². The first-order chi connectivity index (χ1) is 10.8. The molecule has 7 heteroatoms. The van der Waals surface area contributed by atoms with Gasteiger partial charge in [0.05, 0.1) is 4.90 Å². The van der Waals surface area contributed by atoms with Crippen LogP contribution in [-0.2, 0) is 22.0 Å². The first-order valence-electron chi connectivity index (χ1n) is 7.37. The minimum Gasteiger partial charge on any atom is -0.384 e. The molecule has 0 saturated heterocycles. The Bertz CT molecular complexity index is 832. The minimum atomic E-state index is -3.73. The van der Waals surface area contributed by atoms with Gasteiger partial charge in [-0.2, -0.15) is 0 Å². The number of rotatable bonds is 4. The molecule has 2 aromatic rings. The Labute approximate surface area is 145 Å². The minimum absolute atomic E-state index is 0.0367. The van der Waals surface area contributed by atoms with Crippen molar-refractivity contribution < 1.29 is 13.5 Å². The number of hydrogen-bond acceptors (Lipinski definition) is 4. The fraction of sp³-hybridized carbons (Fsp3) is 0.375. The molecule has 0 spiro atoms. The highest BCUT2D eigenvalue weighted by atomic mass is 35.5. The van der Waals surface area contributed by atoms with Gasteiger partial charge >= 0.3 is 0 Å². The summed E-state index contributed by atoms with van der Waals surface area (Å²) in [7, 11) is -3.73. The molecule has 1 aliphatic carbocycles. The van der Waals surface area contributed by atoms with Gasteiger partial charge in [0.1, 0.15) is 5.60 Å². The molecule has 124 valence electrons. The summed E-state index contributed by atoms with van der Waals surface area (Å²) >= 11 is 7.62. The summed E-state index contributed by atoms with van der Waals surface area (Å²) in [5, 5.41) is 13.2. The Morgan fingerprint density at radius 3 is 2.96 bits per heavy atom. The number of aryl methyl sites for hydroxylation is 1. The molecule has 1 aromatic carbocycles. The van der Waals surface area contributed by atoms with Gasteiger partial charge in [0, 0.05) is 16.4 Å². The SMILES string of the molecule is Cc1c(Cl)cccc1S(=O)(=O)NCC1(O)CCCc2sccc21. The van der Waals surface area contributed by atoms with E-state index >= 15 is 0 Å². The lowest BCUT2D eigenvalue weighted by Gasteiger charge is -2.32. The Hall–Kier alpha value is -0.920. The zero-order valence-corrected chi connectivity index (χ0v) is 15.1. The Morgan fingerprint density at radius 1 is 1.39 bits per heavy atom. The third kappa shape index (κ3) is 3.19. The predicted molar refractivity (Wildman–Crippen MR) is 92.5 cm³/mol. The molecule has 0 aliphatic heterocycles. The van der Waals surface area contributed by atoms with Gasteiger partial charge in [-0.15, -0.1) is 11.3 Å². The van der Waals surface area contributed by atoms with Crippen molar-refractivity contribution in [3.05, 3.63) is 50.7 Å². The Kier molecular flexibility index (Phi) is 4.55. The normalized spacial score (nSPS) is 21.2. The second kappa shape index (κ2) is 6.18. The van der Waals surface area contributed by atoms with Crippen molar-refractivity contribution in [1.29, 1.82) is 0 Å². The molecule has 0 radical (unpaired) electrons. The molecular formula is C16H18ClNO3S2. The van der Waals surface area contributed by atoms with Crippen molar-refractivity contribution in [2.24, 2.45) is 0 Å². The molecule has 0 bridgehead atoms. The topological polar surface area (TPSA) is 66.4 Å². The van der Waals surface area contributed by atoms with Crippen molar-refractivity contribution in [3.63, 3.8) is 0 Å². The first kappa shape index (κ1) is 16.9. The van der Waals surface area contributed by atoms with Gasteiger partial charge in [-0.3, -0.25) is 0 Å². The van der Waals surface area contributed by atoms with E-state index in [0.717, 1.165) is 23.3 Å². The van der Waals surface area contributed by atoms with E-state index in [2.05, 4.69) is 4.72 Å². The predicted octanol–water partition coefficient (Wildman–Crippen LogP) is 3.21. The van der Waals surface area contributed by atoms with Crippen LogP contribution in [0, 0.1) is 6.92 Å². The number of benzene rings is 1. The molecule has 0 saturated carbocycles. The third-order valence-corrected chi connectivity index (χ3v) is 7.24. The molecule has 3 rings (SSSR count). The van der Waals surface area contributed by atoms with E-state index in [-0.39, 0.29) is 11.4 Å². The van der Waals surface area contributed by atoms with Crippen LogP contribution in [0.15, 0.2) is 34.5 Å². The summed E-state index contributed by atoms with van der Waals surface area (Å²) in [6.45, 7) is 1.63. The monoisotopic (exact) mass is 371 g/mol. The molecule has 0 fully saturated rings. The first-order valence-corrected chi connectivity index (χ1v) is 10.1. The number of nitrogens with one attached hydrogen (secondary N) is 1. The quantitative estimate of drug-likeness (QED) is 0.867. The largest absolute Gasteiger partial charge is 0.384 e. The highest BCUT2D eigenvalue weighted by molar-refractivity contribution is 7.89. The van der Waals surface area contributed by atoms with Crippen LogP contribution in [-0.4, -0.2) is 20.1 Å². The van der Waals surface area contributed by atoms with Crippen LogP contribution in [0.1, 0.15) is 28.8 Å². The summed E-state index contributed by atoms with van der Waals surface area (Å²) in [5.41, 5.74) is 0.209. The molecular weight excluding hydrogens is 354 g/mol. The second-order valence-corrected chi connectivity index (χ2v) is 8.97. The number of fused-ring (bicyclic) bond motifs is 1. The highest BCUT2D eigenvalue weighted by Crippen LogP contribution is 2.38. The van der Waals surface area contributed by atoms with Crippen LogP contribution < -0.4 is 4.72 Å². The van der Waals surface area contributed by atoms with Gasteiger partial charge in [0.25, 0.3) is 0 Å². The maximum atomic E-state index is 12.6. The van der Waals surface area contributed by atoms with E-state index in [0.29, 0.717) is 17.0 Å². The average molecular weight is 372 g/mol. The van der Waals surface area contributed by atoms with Gasteiger partial charge in [0.15, 0.2) is 0 Å². The van der Waals surface area contributed by atoms with Crippen LogP contribution >= 0.6 is 22.9 Å². The van der Waals surface area contributed by atoms with E-state index in [1.54, 1.807) is 30.4 Å². The van der Waals surface area contributed by atoms with Crippen molar-refractivity contribution in [1.82, 2.24) is 4.72 Å². The molecule has 1 aromatic heterocycles. The summed E-state index contributed by atoms with van der Waals surface area (Å²) in [5.74, 6) is 0. The van der Waals surface area contributed by atoms with E-state index < -0.39 is 15.6 Å². The molecule has 4 nitrogen and oxygen atoms in total. The molecule has 1 aliphatic rings. The van der Waals surface area contributed by atoms with Crippen LogP contribution in [0.2, 0.25) is 5.02 Å².